The third-order valence-corrected chi connectivity index (χ3v) is 5.18. The van der Waals surface area contributed by atoms with Gasteiger partial charge in [-0.25, -0.2) is 0 Å². The second kappa shape index (κ2) is 7.68. The molecule has 0 radical (unpaired) electrons. The number of benzene rings is 1. The van der Waals surface area contributed by atoms with Gasteiger partial charge in [-0.1, -0.05) is 43.2 Å². The molecule has 0 bridgehead atoms. The first-order valence-electron chi connectivity index (χ1n) is 7.79. The van der Waals surface area contributed by atoms with Crippen molar-refractivity contribution in [2.24, 2.45) is 0 Å². The van der Waals surface area contributed by atoms with Crippen LogP contribution in [0.4, 0.5) is 0 Å². The zero-order valence-electron chi connectivity index (χ0n) is 13.5. The van der Waals surface area contributed by atoms with E-state index >= 15 is 0 Å². The van der Waals surface area contributed by atoms with Gasteiger partial charge in [-0.15, -0.1) is 11.8 Å². The van der Waals surface area contributed by atoms with Gasteiger partial charge in [-0.05, 0) is 18.9 Å². The van der Waals surface area contributed by atoms with E-state index in [0.29, 0.717) is 12.3 Å². The maximum Gasteiger partial charge on any atom is 0.243 e. The number of thioether (sulfide) groups is 1. The minimum atomic E-state index is -0.370. The van der Waals surface area contributed by atoms with Gasteiger partial charge in [0.1, 0.15) is 11.4 Å². The summed E-state index contributed by atoms with van der Waals surface area (Å²) in [6.45, 7) is 6.35. The first-order chi connectivity index (χ1) is 10.5. The Labute approximate surface area is 136 Å². The van der Waals surface area contributed by atoms with Gasteiger partial charge >= 0.3 is 0 Å². The Hall–Kier alpha value is -1.49. The summed E-state index contributed by atoms with van der Waals surface area (Å²) in [7, 11) is 0. The fraction of sp³-hybridized carbons (Fsp3) is 0.529. The van der Waals surface area contributed by atoms with Crippen LogP contribution >= 0.6 is 11.8 Å². The molecule has 1 saturated heterocycles. The molecule has 1 N–H and O–H groups in total. The van der Waals surface area contributed by atoms with Crippen molar-refractivity contribution < 1.29 is 9.59 Å². The van der Waals surface area contributed by atoms with Gasteiger partial charge in [0.05, 0.1) is 0 Å². The summed E-state index contributed by atoms with van der Waals surface area (Å²) in [6.07, 6.45) is 2.01. The van der Waals surface area contributed by atoms with Crippen molar-refractivity contribution in [1.29, 1.82) is 0 Å². The van der Waals surface area contributed by atoms with Crippen molar-refractivity contribution in [2.75, 3.05) is 12.3 Å². The number of aryl methyl sites for hydroxylation is 1. The van der Waals surface area contributed by atoms with Gasteiger partial charge in [-0.2, -0.15) is 0 Å². The fourth-order valence-corrected chi connectivity index (χ4v) is 4.07. The minimum Gasteiger partial charge on any atom is -0.354 e. The van der Waals surface area contributed by atoms with E-state index in [0.717, 1.165) is 18.4 Å². The molecule has 2 rings (SSSR count). The predicted molar refractivity (Wildman–Crippen MR) is 90.6 cm³/mol. The molecule has 2 atom stereocenters. The molecule has 1 aromatic carbocycles. The summed E-state index contributed by atoms with van der Waals surface area (Å²) in [5.74, 6) is 0.563. The molecule has 1 aliphatic rings. The van der Waals surface area contributed by atoms with Crippen molar-refractivity contribution in [3.63, 3.8) is 0 Å². The summed E-state index contributed by atoms with van der Waals surface area (Å²) in [5.41, 5.74) is 2.27. The number of hydrogen-bond acceptors (Lipinski definition) is 3. The number of rotatable bonds is 5. The number of nitrogens with zero attached hydrogens (tertiary/aromatic N) is 1. The Balaban J connectivity index is 2.12. The number of unbranched alkanes of at least 4 members (excludes halogenated alkanes) is 1. The van der Waals surface area contributed by atoms with Crippen LogP contribution in [0.15, 0.2) is 24.3 Å². The van der Waals surface area contributed by atoms with E-state index in [4.69, 9.17) is 0 Å². The zero-order chi connectivity index (χ0) is 16.1. The van der Waals surface area contributed by atoms with Gasteiger partial charge in [0.25, 0.3) is 0 Å². The molecular formula is C17H24N2O2S. The van der Waals surface area contributed by atoms with Gasteiger partial charge in [0, 0.05) is 19.2 Å². The van der Waals surface area contributed by atoms with Gasteiger partial charge in [0.15, 0.2) is 0 Å². The quantitative estimate of drug-likeness (QED) is 0.849. The molecule has 0 spiro atoms. The predicted octanol–water partition coefficient (Wildman–Crippen LogP) is 2.87. The molecule has 1 fully saturated rings. The SMILES string of the molecule is CCCCNC(=O)C1CSC(c2ccc(C)cc2)N1C(C)=O. The summed E-state index contributed by atoms with van der Waals surface area (Å²) < 4.78 is 0. The summed E-state index contributed by atoms with van der Waals surface area (Å²) in [4.78, 5) is 26.1. The van der Waals surface area contributed by atoms with Crippen LogP contribution in [0.1, 0.15) is 43.2 Å². The monoisotopic (exact) mass is 320 g/mol. The Morgan fingerprint density at radius 2 is 2.00 bits per heavy atom. The lowest BCUT2D eigenvalue weighted by Crippen LogP contribution is -2.47. The Bertz CT molecular complexity index is 530. The molecule has 4 nitrogen and oxygen atoms in total. The topological polar surface area (TPSA) is 49.4 Å². The maximum atomic E-state index is 12.3. The Kier molecular flexibility index (Phi) is 5.89. The number of carbonyl (C=O) groups excluding carboxylic acids is 2. The minimum absolute atomic E-state index is 0.0363. The number of carbonyl (C=O) groups is 2. The molecule has 22 heavy (non-hydrogen) atoms. The highest BCUT2D eigenvalue weighted by molar-refractivity contribution is 7.99. The van der Waals surface area contributed by atoms with Crippen LogP contribution in [0, 0.1) is 6.92 Å². The van der Waals surface area contributed by atoms with Crippen molar-refractivity contribution in [1.82, 2.24) is 10.2 Å². The lowest BCUT2D eigenvalue weighted by molar-refractivity contribution is -0.138. The van der Waals surface area contributed by atoms with E-state index in [1.165, 1.54) is 5.56 Å². The molecule has 1 heterocycles. The molecule has 5 heteroatoms. The van der Waals surface area contributed by atoms with Crippen LogP contribution in [0.2, 0.25) is 0 Å². The highest BCUT2D eigenvalue weighted by atomic mass is 32.2. The Morgan fingerprint density at radius 3 is 2.59 bits per heavy atom. The Morgan fingerprint density at radius 1 is 1.32 bits per heavy atom. The molecule has 120 valence electrons. The number of amides is 2. The first-order valence-corrected chi connectivity index (χ1v) is 8.84. The standard InChI is InChI=1S/C17H24N2O2S/c1-4-5-10-18-16(21)15-11-22-17(19(15)13(3)20)14-8-6-12(2)7-9-14/h6-9,15,17H,4-5,10-11H2,1-3H3,(H,18,21). The molecule has 1 aromatic rings. The van der Waals surface area contributed by atoms with Crippen LogP contribution in [0.5, 0.6) is 0 Å². The highest BCUT2D eigenvalue weighted by Crippen LogP contribution is 2.41. The van der Waals surface area contributed by atoms with E-state index in [2.05, 4.69) is 12.2 Å². The average Bonchev–Trinajstić information content (AvgIpc) is 2.93. The maximum absolute atomic E-state index is 12.3. The summed E-state index contributed by atoms with van der Waals surface area (Å²) in [6, 6.07) is 7.80. The average molecular weight is 320 g/mol. The van der Waals surface area contributed by atoms with E-state index in [1.807, 2.05) is 31.2 Å². The van der Waals surface area contributed by atoms with E-state index in [1.54, 1.807) is 23.6 Å². The molecule has 2 amide bonds. The molecule has 0 aromatic heterocycles. The molecule has 2 unspecified atom stereocenters. The van der Waals surface area contributed by atoms with E-state index in [-0.39, 0.29) is 23.2 Å². The molecular weight excluding hydrogens is 296 g/mol. The third-order valence-electron chi connectivity index (χ3n) is 3.86. The molecule has 0 saturated carbocycles. The molecule has 1 aliphatic heterocycles. The van der Waals surface area contributed by atoms with Gasteiger partial charge in [0.2, 0.25) is 11.8 Å². The normalized spacial score (nSPS) is 21.0. The lowest BCUT2D eigenvalue weighted by atomic mass is 10.1. The first kappa shape index (κ1) is 16.9. The van der Waals surface area contributed by atoms with Crippen LogP contribution in [-0.2, 0) is 9.59 Å². The van der Waals surface area contributed by atoms with Crippen molar-refractivity contribution in [3.8, 4) is 0 Å². The zero-order valence-corrected chi connectivity index (χ0v) is 14.3. The number of hydrogen-bond donors (Lipinski definition) is 1. The van der Waals surface area contributed by atoms with Crippen LogP contribution in [-0.4, -0.2) is 35.1 Å². The van der Waals surface area contributed by atoms with Crippen molar-refractivity contribution in [2.45, 2.75) is 45.0 Å². The van der Waals surface area contributed by atoms with Gasteiger partial charge in [-0.3, -0.25) is 9.59 Å². The molecule has 0 aliphatic carbocycles. The van der Waals surface area contributed by atoms with Gasteiger partial charge < -0.3 is 10.2 Å². The third kappa shape index (κ3) is 3.83. The lowest BCUT2D eigenvalue weighted by Gasteiger charge is -2.28. The fourth-order valence-electron chi connectivity index (χ4n) is 2.59. The van der Waals surface area contributed by atoms with Crippen LogP contribution in [0.25, 0.3) is 0 Å². The van der Waals surface area contributed by atoms with E-state index < -0.39 is 0 Å². The van der Waals surface area contributed by atoms with E-state index in [9.17, 15) is 9.59 Å². The summed E-state index contributed by atoms with van der Waals surface area (Å²) >= 11 is 1.66. The second-order valence-corrected chi connectivity index (χ2v) is 6.80. The highest BCUT2D eigenvalue weighted by Gasteiger charge is 2.40. The largest absolute Gasteiger partial charge is 0.354 e. The van der Waals surface area contributed by atoms with Crippen molar-refractivity contribution in [3.05, 3.63) is 35.4 Å². The number of nitrogens with one attached hydrogen (secondary N) is 1. The summed E-state index contributed by atoms with van der Waals surface area (Å²) in [5, 5.41) is 2.88. The smallest absolute Gasteiger partial charge is 0.243 e. The van der Waals surface area contributed by atoms with Crippen LogP contribution in [0.3, 0.4) is 0 Å². The second-order valence-electron chi connectivity index (χ2n) is 5.68. The van der Waals surface area contributed by atoms with Crippen molar-refractivity contribution >= 4 is 23.6 Å². The van der Waals surface area contributed by atoms with Crippen LogP contribution < -0.4 is 5.32 Å².